The SMILES string of the molecule is C=C(OCCC[Si]1(C)CCCCCCC(C)O1)c1cccc(C(=O)CCC[Si]2(C)CCCCCCC(C)O2)c1.CC1CCCCCC[Si](C)(CCCOC(=O)OCCOCCOC(=O)OCCC[Si]2(C)CCCCCCC(C)O2)O1.CC1CCCCCC[Si](C)(CCCOc2ccc(C(C)(C)c3ccc(OCCC[Si]4(C)CCCCCCC(C)O4)cc3)cc2)O1.CC1CCCCCC[Si](C)(C[Si]2(C)CCCCCCC(C)O2)O1. The van der Waals surface area contributed by atoms with Gasteiger partial charge in [-0.15, -0.1) is 0 Å². The Morgan fingerprint density at radius 1 is 0.284 bits per heavy atom. The molecule has 0 bridgehead atoms. The first kappa shape index (κ1) is 130. The van der Waals surface area contributed by atoms with Crippen molar-refractivity contribution in [3.63, 3.8) is 0 Å². The zero-order valence-electron chi connectivity index (χ0n) is 97.7. The van der Waals surface area contributed by atoms with Crippen LogP contribution in [0.2, 0.25) is 143 Å². The molecule has 0 aromatic heterocycles. The molecular formula is C121H218O19Si8. The van der Waals surface area contributed by atoms with Gasteiger partial charge in [0.15, 0.2) is 72.3 Å². The molecule has 0 N–H and O–H groups in total. The van der Waals surface area contributed by atoms with Crippen LogP contribution in [0, 0.1) is 0 Å². The summed E-state index contributed by atoms with van der Waals surface area (Å²) in [5, 5.41) is 0. The fourth-order valence-corrected chi connectivity index (χ4v) is 58.4. The van der Waals surface area contributed by atoms with Gasteiger partial charge in [0.1, 0.15) is 30.5 Å². The quantitative estimate of drug-likeness (QED) is 0.0172. The number of ketones is 1. The minimum atomic E-state index is -1.77. The smallest absolute Gasteiger partial charge is 0.494 e. The fraction of sp³-hybridized carbons (Fsp3) is 0.810. The Balaban J connectivity index is 0.000000246. The van der Waals surface area contributed by atoms with Crippen LogP contribution in [0.1, 0.15) is 398 Å². The Morgan fingerprint density at radius 3 is 0.811 bits per heavy atom. The molecule has 0 amide bonds. The number of carbonyl (C=O) groups excluding carboxylic acids is 3. The second-order valence-electron chi connectivity index (χ2n) is 49.4. The molecule has 0 radical (unpaired) electrons. The zero-order valence-corrected chi connectivity index (χ0v) is 106. The first-order chi connectivity index (χ1) is 70.9. The van der Waals surface area contributed by atoms with E-state index in [9.17, 15) is 14.4 Å². The number of hydrogen-bond donors (Lipinski definition) is 0. The fourth-order valence-electron chi connectivity index (χ4n) is 24.7. The van der Waals surface area contributed by atoms with Crippen molar-refractivity contribution in [3.05, 3.63) is 102 Å². The van der Waals surface area contributed by atoms with Crippen LogP contribution in [0.3, 0.4) is 0 Å². The number of hydrogen-bond acceptors (Lipinski definition) is 19. The molecule has 8 aliphatic rings. The van der Waals surface area contributed by atoms with Gasteiger partial charge in [0.25, 0.3) is 0 Å². The van der Waals surface area contributed by atoms with Gasteiger partial charge < -0.3 is 73.3 Å². The zero-order chi connectivity index (χ0) is 107. The molecule has 0 aliphatic carbocycles. The molecular weight excluding hydrogens is 1980 g/mol. The highest BCUT2D eigenvalue weighted by molar-refractivity contribution is 6.90. The van der Waals surface area contributed by atoms with E-state index in [2.05, 4.69) is 177 Å². The standard InChI is InChI=1S/C39H64O4Si2.C33H56O4Si2.C30H58O9Si2.C19H40O2Si2/c1-33-17-11-7-9-13-29-44(5,42-33)31-15-27-40-37-23-19-35(20-24-37)39(3,4)36-21-25-38(26-22-36)41-28-16-32-45(6)30-14-10-8-12-18-34(2)43-45;1-28-17-10-6-8-12-23-38(4,36-28)25-15-21-33(34)32-20-14-19-31(27-32)30(3)35-22-16-26-39(5)24-13-9-7-11-18-29(2)37-39;1-27-15-9-5-7-11-23-40(3,38-27)25-13-17-34-29(31)36-21-19-33-20-22-37-30(32)35-18-14-26-41(4)24-12-8-6-10-16-28(2)39-41;1-18-13-9-5-7-11-15-22(3,20-18)17-23(4)16-12-8-6-10-14-19(2)21-23/h19-26,33-34H,7-18,27-32H2,1-6H3;14,19-20,27-29H,3,6-13,15-18,21-26H2,1-2,4-5H3;27-28H,5-26H2,1-4H3;18-19H,5-17H2,1-4H3. The topological polar surface area (TPSA) is 199 Å². The Labute approximate surface area is 912 Å². The van der Waals surface area contributed by atoms with E-state index < -0.39 is 78.8 Å². The lowest BCUT2D eigenvalue weighted by Crippen LogP contribution is -2.50. The lowest BCUT2D eigenvalue weighted by molar-refractivity contribution is 0.00605. The number of carbonyl (C=O) groups is 3. The van der Waals surface area contributed by atoms with Gasteiger partial charge in [-0.1, -0.05) is 268 Å². The van der Waals surface area contributed by atoms with Gasteiger partial charge in [-0.3, -0.25) is 4.79 Å². The maximum atomic E-state index is 13.1. The van der Waals surface area contributed by atoms with E-state index in [-0.39, 0.29) is 37.6 Å². The van der Waals surface area contributed by atoms with Crippen LogP contribution in [-0.2, 0) is 69.2 Å². The summed E-state index contributed by atoms with van der Waals surface area (Å²) >= 11 is 0. The third kappa shape index (κ3) is 54.1. The second-order valence-corrected chi connectivity index (χ2v) is 82.8. The molecule has 8 fully saturated rings. The lowest BCUT2D eigenvalue weighted by Gasteiger charge is -2.39. The highest BCUT2D eigenvalue weighted by Gasteiger charge is 2.45. The monoisotopic (exact) mass is 2200 g/mol. The van der Waals surface area contributed by atoms with E-state index in [1.807, 2.05) is 24.3 Å². The molecule has 848 valence electrons. The van der Waals surface area contributed by atoms with Crippen molar-refractivity contribution in [1.29, 1.82) is 0 Å². The molecule has 19 nitrogen and oxygen atoms in total. The van der Waals surface area contributed by atoms with Crippen molar-refractivity contribution in [2.75, 3.05) is 59.5 Å². The molecule has 148 heavy (non-hydrogen) atoms. The van der Waals surface area contributed by atoms with Crippen LogP contribution in [0.4, 0.5) is 9.59 Å². The molecule has 3 aromatic carbocycles. The predicted molar refractivity (Wildman–Crippen MR) is 634 cm³/mol. The molecule has 11 rings (SSSR count). The summed E-state index contributed by atoms with van der Waals surface area (Å²) in [5.74, 6) is 2.79. The van der Waals surface area contributed by atoms with Gasteiger partial charge >= 0.3 is 12.3 Å². The van der Waals surface area contributed by atoms with Crippen molar-refractivity contribution in [1.82, 2.24) is 0 Å². The van der Waals surface area contributed by atoms with E-state index in [1.54, 1.807) is 0 Å². The van der Waals surface area contributed by atoms with Crippen molar-refractivity contribution in [2.45, 2.75) is 568 Å². The number of ether oxygens (including phenoxy) is 8. The summed E-state index contributed by atoms with van der Waals surface area (Å²) in [6, 6.07) is 42.0. The average molecular weight is 2200 g/mol. The minimum absolute atomic E-state index is 0.0831. The van der Waals surface area contributed by atoms with Crippen molar-refractivity contribution in [3.8, 4) is 11.5 Å². The number of rotatable bonds is 39. The predicted octanol–water partition coefficient (Wildman–Crippen LogP) is 35.7. The molecule has 8 saturated heterocycles. The summed E-state index contributed by atoms with van der Waals surface area (Å²) in [7, 11) is -13.5. The van der Waals surface area contributed by atoms with E-state index in [4.69, 9.17) is 73.3 Å². The molecule has 0 spiro atoms. The molecule has 27 heteroatoms. The third-order valence-electron chi connectivity index (χ3n) is 33.3. The number of Topliss-reactive ketones (excluding diaryl/α,β-unsaturated/α-hetero) is 1. The summed E-state index contributed by atoms with van der Waals surface area (Å²) in [6.07, 6.45) is 60.2. The summed E-state index contributed by atoms with van der Waals surface area (Å²) < 4.78 is 97.4. The van der Waals surface area contributed by atoms with Crippen LogP contribution >= 0.6 is 0 Å². The summed E-state index contributed by atoms with van der Waals surface area (Å²) in [6.45, 7) is 49.6. The van der Waals surface area contributed by atoms with Crippen LogP contribution in [0.25, 0.3) is 5.76 Å². The Kier molecular flexibility index (Phi) is 61.5. The van der Waals surface area contributed by atoms with Gasteiger partial charge in [-0.2, -0.15) is 0 Å². The van der Waals surface area contributed by atoms with Gasteiger partial charge in [-0.25, -0.2) is 9.59 Å². The summed E-state index contributed by atoms with van der Waals surface area (Å²) in [5.41, 5.74) is 5.48. The molecule has 3 aromatic rings. The molecule has 0 saturated carbocycles. The van der Waals surface area contributed by atoms with Crippen LogP contribution in [0.15, 0.2) is 79.4 Å². The van der Waals surface area contributed by atoms with Crippen LogP contribution < -0.4 is 9.47 Å². The molecule has 8 aliphatic heterocycles. The maximum absolute atomic E-state index is 13.1. The average Bonchev–Trinajstić information content (AvgIpc) is 0.890. The minimum Gasteiger partial charge on any atom is -0.494 e. The second kappa shape index (κ2) is 70.3. The van der Waals surface area contributed by atoms with Gasteiger partial charge in [0.2, 0.25) is 0 Å². The largest absolute Gasteiger partial charge is 0.508 e. The van der Waals surface area contributed by atoms with Crippen LogP contribution in [-0.4, -0.2) is 193 Å². The van der Waals surface area contributed by atoms with Crippen molar-refractivity contribution < 1.29 is 87.7 Å². The molecule has 16 atom stereocenters. The summed E-state index contributed by atoms with van der Waals surface area (Å²) in [4.78, 5) is 36.8. The first-order valence-corrected chi connectivity index (χ1v) is 83.5. The molecule has 8 heterocycles. The van der Waals surface area contributed by atoms with Gasteiger partial charge in [-0.05, 0) is 329 Å². The molecule has 16 unspecified atom stereocenters. The first-order valence-electron chi connectivity index (χ1n) is 60.9. The Hall–Kier alpha value is -3.61. The van der Waals surface area contributed by atoms with Crippen molar-refractivity contribution >= 4 is 90.4 Å². The maximum Gasteiger partial charge on any atom is 0.508 e. The van der Waals surface area contributed by atoms with Gasteiger partial charge in [0, 0.05) is 71.8 Å². The highest BCUT2D eigenvalue weighted by Crippen LogP contribution is 2.41. The van der Waals surface area contributed by atoms with E-state index in [0.717, 1.165) is 111 Å². The lowest BCUT2D eigenvalue weighted by atomic mass is 9.78. The normalized spacial score (nSPS) is 30.2. The highest BCUT2D eigenvalue weighted by atomic mass is 28.4. The Morgan fingerprint density at radius 2 is 0.520 bits per heavy atom. The number of benzene rings is 3. The van der Waals surface area contributed by atoms with Gasteiger partial charge in [0.05, 0.1) is 46.2 Å². The third-order valence-corrected chi connectivity index (χ3v) is 66.8. The van der Waals surface area contributed by atoms with Crippen molar-refractivity contribution in [2.24, 2.45) is 0 Å². The van der Waals surface area contributed by atoms with E-state index in [0.29, 0.717) is 80.8 Å². The Bertz CT molecular complexity index is 3910. The van der Waals surface area contributed by atoms with E-state index >= 15 is 0 Å². The van der Waals surface area contributed by atoms with E-state index in [1.165, 1.54) is 321 Å². The van der Waals surface area contributed by atoms with Crippen LogP contribution in [0.5, 0.6) is 11.5 Å².